The molecule has 110 valence electrons. The SMILES string of the molecule is CC(=O)N1CCO[C@@H]2CCN(Cc3ccc[nH]3)CC[C@@H]21. The molecule has 0 bridgehead atoms. The lowest BCUT2D eigenvalue weighted by Crippen LogP contribution is -2.52. The van der Waals surface area contributed by atoms with Crippen LogP contribution in [0.4, 0.5) is 0 Å². The Kier molecular flexibility index (Phi) is 4.08. The van der Waals surface area contributed by atoms with Gasteiger partial charge in [-0.15, -0.1) is 0 Å². The van der Waals surface area contributed by atoms with E-state index in [0.717, 1.165) is 39.0 Å². The fraction of sp³-hybridized carbons (Fsp3) is 0.667. The third kappa shape index (κ3) is 2.88. The van der Waals surface area contributed by atoms with Crippen LogP contribution >= 0.6 is 0 Å². The number of aromatic amines is 1. The van der Waals surface area contributed by atoms with Gasteiger partial charge in [0.05, 0.1) is 18.8 Å². The van der Waals surface area contributed by atoms with Gasteiger partial charge in [0, 0.05) is 45.0 Å². The first-order valence-electron chi connectivity index (χ1n) is 7.47. The molecule has 1 aromatic rings. The minimum atomic E-state index is 0.182. The van der Waals surface area contributed by atoms with E-state index in [4.69, 9.17) is 4.74 Å². The second kappa shape index (κ2) is 5.97. The summed E-state index contributed by atoms with van der Waals surface area (Å²) in [5.74, 6) is 0.182. The van der Waals surface area contributed by atoms with E-state index >= 15 is 0 Å². The molecule has 2 saturated heterocycles. The van der Waals surface area contributed by atoms with Crippen molar-refractivity contribution in [2.75, 3.05) is 26.2 Å². The van der Waals surface area contributed by atoms with Crippen molar-refractivity contribution in [3.63, 3.8) is 0 Å². The van der Waals surface area contributed by atoms with Gasteiger partial charge in [-0.2, -0.15) is 0 Å². The molecule has 0 aliphatic carbocycles. The zero-order valence-corrected chi connectivity index (χ0v) is 12.0. The Morgan fingerprint density at radius 2 is 2.25 bits per heavy atom. The summed E-state index contributed by atoms with van der Waals surface area (Å²) < 4.78 is 5.90. The number of H-pyrrole nitrogens is 1. The predicted molar refractivity (Wildman–Crippen MR) is 76.2 cm³/mol. The number of fused-ring (bicyclic) bond motifs is 1. The van der Waals surface area contributed by atoms with Crippen LogP contribution in [0.3, 0.4) is 0 Å². The Labute approximate surface area is 119 Å². The molecule has 1 aromatic heterocycles. The number of carbonyl (C=O) groups excluding carboxylic acids is 1. The fourth-order valence-corrected chi connectivity index (χ4v) is 3.39. The van der Waals surface area contributed by atoms with Crippen molar-refractivity contribution in [2.24, 2.45) is 0 Å². The van der Waals surface area contributed by atoms with Crippen molar-refractivity contribution in [2.45, 2.75) is 38.5 Å². The molecule has 2 aliphatic rings. The first-order chi connectivity index (χ1) is 9.74. The highest BCUT2D eigenvalue weighted by Crippen LogP contribution is 2.24. The molecule has 2 aliphatic heterocycles. The Bertz CT molecular complexity index is 446. The van der Waals surface area contributed by atoms with Crippen LogP contribution in [0.5, 0.6) is 0 Å². The summed E-state index contributed by atoms with van der Waals surface area (Å²) in [4.78, 5) is 19.5. The van der Waals surface area contributed by atoms with Crippen molar-refractivity contribution in [1.82, 2.24) is 14.8 Å². The van der Waals surface area contributed by atoms with Gasteiger partial charge in [-0.3, -0.25) is 9.69 Å². The quantitative estimate of drug-likeness (QED) is 0.884. The Morgan fingerprint density at radius 3 is 3.00 bits per heavy atom. The molecule has 2 fully saturated rings. The van der Waals surface area contributed by atoms with Crippen LogP contribution in [0.1, 0.15) is 25.5 Å². The van der Waals surface area contributed by atoms with Gasteiger partial charge >= 0.3 is 0 Å². The molecular formula is C15H23N3O2. The zero-order chi connectivity index (χ0) is 13.9. The second-order valence-corrected chi connectivity index (χ2v) is 5.74. The van der Waals surface area contributed by atoms with Crippen LogP contribution in [-0.2, 0) is 16.1 Å². The van der Waals surface area contributed by atoms with Crippen LogP contribution in [-0.4, -0.2) is 59.1 Å². The van der Waals surface area contributed by atoms with Gasteiger partial charge in [0.1, 0.15) is 0 Å². The van der Waals surface area contributed by atoms with E-state index in [-0.39, 0.29) is 18.1 Å². The monoisotopic (exact) mass is 277 g/mol. The number of nitrogens with one attached hydrogen (secondary N) is 1. The van der Waals surface area contributed by atoms with E-state index in [1.165, 1.54) is 5.69 Å². The molecule has 3 rings (SSSR count). The third-order valence-electron chi connectivity index (χ3n) is 4.43. The van der Waals surface area contributed by atoms with E-state index in [1.807, 2.05) is 17.2 Å². The van der Waals surface area contributed by atoms with E-state index in [1.54, 1.807) is 6.92 Å². The summed E-state index contributed by atoms with van der Waals surface area (Å²) in [6.07, 6.45) is 4.19. The molecular weight excluding hydrogens is 254 g/mol. The molecule has 5 nitrogen and oxygen atoms in total. The molecule has 0 aromatic carbocycles. The highest BCUT2D eigenvalue weighted by atomic mass is 16.5. The van der Waals surface area contributed by atoms with Gasteiger partial charge in [-0.25, -0.2) is 0 Å². The van der Waals surface area contributed by atoms with Gasteiger partial charge in [-0.05, 0) is 25.0 Å². The van der Waals surface area contributed by atoms with E-state index < -0.39 is 0 Å². The minimum absolute atomic E-state index is 0.182. The fourth-order valence-electron chi connectivity index (χ4n) is 3.39. The van der Waals surface area contributed by atoms with Crippen molar-refractivity contribution in [1.29, 1.82) is 0 Å². The molecule has 0 radical (unpaired) electrons. The number of ether oxygens (including phenoxy) is 1. The molecule has 0 unspecified atom stereocenters. The number of rotatable bonds is 2. The lowest BCUT2D eigenvalue weighted by molar-refractivity contribution is -0.144. The van der Waals surface area contributed by atoms with E-state index in [0.29, 0.717) is 6.61 Å². The number of hydrogen-bond acceptors (Lipinski definition) is 3. The first-order valence-corrected chi connectivity index (χ1v) is 7.47. The van der Waals surface area contributed by atoms with Crippen LogP contribution < -0.4 is 0 Å². The smallest absolute Gasteiger partial charge is 0.219 e. The summed E-state index contributed by atoms with van der Waals surface area (Å²) in [5.41, 5.74) is 1.25. The molecule has 0 saturated carbocycles. The number of likely N-dealkylation sites (tertiary alicyclic amines) is 1. The van der Waals surface area contributed by atoms with Crippen LogP contribution in [0.2, 0.25) is 0 Å². The number of amides is 1. The average molecular weight is 277 g/mol. The molecule has 5 heteroatoms. The number of nitrogens with zero attached hydrogens (tertiary/aromatic N) is 2. The summed E-state index contributed by atoms with van der Waals surface area (Å²) in [7, 11) is 0. The van der Waals surface area contributed by atoms with Crippen molar-refractivity contribution >= 4 is 5.91 Å². The first kappa shape index (κ1) is 13.6. The summed E-state index contributed by atoms with van der Waals surface area (Å²) in [5, 5.41) is 0. The normalized spacial score (nSPS) is 27.9. The summed E-state index contributed by atoms with van der Waals surface area (Å²) in [6.45, 7) is 6.10. The molecule has 0 spiro atoms. The Morgan fingerprint density at radius 1 is 1.40 bits per heavy atom. The number of morpholine rings is 1. The van der Waals surface area contributed by atoms with Crippen LogP contribution in [0.15, 0.2) is 18.3 Å². The van der Waals surface area contributed by atoms with Gasteiger partial charge < -0.3 is 14.6 Å². The maximum absolute atomic E-state index is 11.8. The highest BCUT2D eigenvalue weighted by molar-refractivity contribution is 5.73. The van der Waals surface area contributed by atoms with Crippen LogP contribution in [0, 0.1) is 0 Å². The third-order valence-corrected chi connectivity index (χ3v) is 4.43. The second-order valence-electron chi connectivity index (χ2n) is 5.74. The van der Waals surface area contributed by atoms with Crippen molar-refractivity contribution < 1.29 is 9.53 Å². The molecule has 2 atom stereocenters. The predicted octanol–water partition coefficient (Wildman–Crippen LogP) is 1.23. The average Bonchev–Trinajstić information content (AvgIpc) is 2.86. The molecule has 20 heavy (non-hydrogen) atoms. The van der Waals surface area contributed by atoms with Gasteiger partial charge in [-0.1, -0.05) is 0 Å². The van der Waals surface area contributed by atoms with Crippen molar-refractivity contribution in [3.8, 4) is 0 Å². The maximum Gasteiger partial charge on any atom is 0.219 e. The topological polar surface area (TPSA) is 48.6 Å². The molecule has 1 N–H and O–H groups in total. The standard InChI is InChI=1S/C15H23N3O2/c1-12(19)18-9-10-20-15-5-8-17(7-4-14(15)18)11-13-3-2-6-16-13/h2-3,6,14-16H,4-5,7-11H2,1H3/t14-,15+/m0/s1. The highest BCUT2D eigenvalue weighted by Gasteiger charge is 2.35. The van der Waals surface area contributed by atoms with Crippen molar-refractivity contribution in [3.05, 3.63) is 24.0 Å². The maximum atomic E-state index is 11.8. The number of carbonyl (C=O) groups is 1. The molecule has 1 amide bonds. The lowest BCUT2D eigenvalue weighted by Gasteiger charge is -2.39. The summed E-state index contributed by atoms with van der Waals surface area (Å²) >= 11 is 0. The van der Waals surface area contributed by atoms with E-state index in [2.05, 4.69) is 16.0 Å². The molecule has 3 heterocycles. The number of hydrogen-bond donors (Lipinski definition) is 1. The Hall–Kier alpha value is -1.33. The number of aromatic nitrogens is 1. The van der Waals surface area contributed by atoms with E-state index in [9.17, 15) is 4.79 Å². The Balaban J connectivity index is 1.64. The van der Waals surface area contributed by atoms with Gasteiger partial charge in [0.2, 0.25) is 5.91 Å². The summed E-state index contributed by atoms with van der Waals surface area (Å²) in [6, 6.07) is 4.42. The lowest BCUT2D eigenvalue weighted by atomic mass is 10.0. The van der Waals surface area contributed by atoms with Gasteiger partial charge in [0.15, 0.2) is 0 Å². The zero-order valence-electron chi connectivity index (χ0n) is 12.0. The van der Waals surface area contributed by atoms with Gasteiger partial charge in [0.25, 0.3) is 0 Å². The van der Waals surface area contributed by atoms with Crippen LogP contribution in [0.25, 0.3) is 0 Å². The largest absolute Gasteiger partial charge is 0.374 e. The minimum Gasteiger partial charge on any atom is -0.374 e.